The number of H-pyrrole nitrogens is 1. The fourth-order valence-electron chi connectivity index (χ4n) is 4.03. The topological polar surface area (TPSA) is 70.9 Å². The van der Waals surface area contributed by atoms with E-state index in [9.17, 15) is 5.26 Å². The molecule has 0 unspecified atom stereocenters. The van der Waals surface area contributed by atoms with Gasteiger partial charge >= 0.3 is 0 Å². The standard InChI is InChI=1S/C28H21N3O2/c1-32-20-11-7-18(8-12-20)23-15-27(19-9-13-21(33-2)14-10-19)31-28(24(23)16-29)25-17-30-26-6-4-3-5-22(25)26/h3-15,17,30H,1-2H3. The van der Waals surface area contributed by atoms with Crippen LogP contribution < -0.4 is 9.47 Å². The first kappa shape index (κ1) is 20.3. The lowest BCUT2D eigenvalue weighted by molar-refractivity contribution is 0.415. The summed E-state index contributed by atoms with van der Waals surface area (Å²) in [7, 11) is 3.28. The van der Waals surface area contributed by atoms with Gasteiger partial charge in [0.05, 0.1) is 31.2 Å². The Morgan fingerprint density at radius 2 is 1.42 bits per heavy atom. The van der Waals surface area contributed by atoms with E-state index in [1.807, 2.05) is 85.1 Å². The highest BCUT2D eigenvalue weighted by Crippen LogP contribution is 2.37. The molecule has 0 aliphatic heterocycles. The lowest BCUT2D eigenvalue weighted by Gasteiger charge is -2.13. The predicted molar refractivity (Wildman–Crippen MR) is 130 cm³/mol. The molecule has 5 aromatic rings. The number of ether oxygens (including phenoxy) is 2. The molecule has 160 valence electrons. The number of nitriles is 1. The van der Waals surface area contributed by atoms with Crippen LogP contribution in [0.1, 0.15) is 5.56 Å². The van der Waals surface area contributed by atoms with Crippen LogP contribution in [0.3, 0.4) is 0 Å². The lowest BCUT2D eigenvalue weighted by atomic mass is 9.94. The number of nitrogens with one attached hydrogen (secondary N) is 1. The second-order valence-corrected chi connectivity index (χ2v) is 7.60. The van der Waals surface area contributed by atoms with Crippen LogP contribution in [0.5, 0.6) is 11.5 Å². The SMILES string of the molecule is COc1ccc(-c2cc(-c3ccc(OC)cc3)c(C#N)c(-c3c[nH]c4ccccc34)n2)cc1. The first-order valence-corrected chi connectivity index (χ1v) is 10.5. The summed E-state index contributed by atoms with van der Waals surface area (Å²) in [4.78, 5) is 8.28. The summed E-state index contributed by atoms with van der Waals surface area (Å²) < 4.78 is 10.6. The smallest absolute Gasteiger partial charge is 0.118 e. The minimum absolute atomic E-state index is 0.530. The van der Waals surface area contributed by atoms with Gasteiger partial charge in [-0.15, -0.1) is 0 Å². The van der Waals surface area contributed by atoms with Crippen molar-refractivity contribution in [2.24, 2.45) is 0 Å². The van der Waals surface area contributed by atoms with E-state index in [4.69, 9.17) is 14.5 Å². The molecular weight excluding hydrogens is 410 g/mol. The van der Waals surface area contributed by atoms with Gasteiger partial charge in [-0.05, 0) is 54.1 Å². The molecule has 33 heavy (non-hydrogen) atoms. The maximum atomic E-state index is 10.2. The van der Waals surface area contributed by atoms with Crippen molar-refractivity contribution in [2.75, 3.05) is 14.2 Å². The Labute approximate surface area is 191 Å². The van der Waals surface area contributed by atoms with E-state index in [0.717, 1.165) is 50.3 Å². The molecule has 0 spiro atoms. The molecule has 5 rings (SSSR count). The molecule has 0 saturated carbocycles. The minimum atomic E-state index is 0.530. The number of nitrogens with zero attached hydrogens (tertiary/aromatic N) is 2. The van der Waals surface area contributed by atoms with E-state index >= 15 is 0 Å². The Morgan fingerprint density at radius 1 is 0.788 bits per heavy atom. The zero-order valence-electron chi connectivity index (χ0n) is 18.3. The van der Waals surface area contributed by atoms with Gasteiger partial charge in [0, 0.05) is 33.8 Å². The number of aromatic nitrogens is 2. The van der Waals surface area contributed by atoms with Crippen molar-refractivity contribution < 1.29 is 9.47 Å². The summed E-state index contributed by atoms with van der Waals surface area (Å²) in [5.74, 6) is 1.54. The van der Waals surface area contributed by atoms with E-state index in [1.165, 1.54) is 0 Å². The maximum absolute atomic E-state index is 10.2. The summed E-state index contributed by atoms with van der Waals surface area (Å²) in [6.07, 6.45) is 1.92. The fraction of sp³-hybridized carbons (Fsp3) is 0.0714. The van der Waals surface area contributed by atoms with Crippen molar-refractivity contribution in [2.45, 2.75) is 0 Å². The molecule has 2 aromatic heterocycles. The van der Waals surface area contributed by atoms with E-state index < -0.39 is 0 Å². The van der Waals surface area contributed by atoms with Crippen LogP contribution in [0.2, 0.25) is 0 Å². The highest BCUT2D eigenvalue weighted by atomic mass is 16.5. The molecule has 0 amide bonds. The largest absolute Gasteiger partial charge is 0.497 e. The Balaban J connectivity index is 1.78. The average Bonchev–Trinajstić information content (AvgIpc) is 3.32. The number of pyridine rings is 1. The molecule has 5 nitrogen and oxygen atoms in total. The van der Waals surface area contributed by atoms with Crippen LogP contribution in [0.25, 0.3) is 44.5 Å². The second-order valence-electron chi connectivity index (χ2n) is 7.60. The molecule has 0 aliphatic rings. The van der Waals surface area contributed by atoms with Gasteiger partial charge < -0.3 is 14.5 Å². The Kier molecular flexibility index (Phi) is 5.26. The normalized spacial score (nSPS) is 10.7. The summed E-state index contributed by atoms with van der Waals surface area (Å²) >= 11 is 0. The molecule has 0 bridgehead atoms. The van der Waals surface area contributed by atoms with Crippen LogP contribution in [0.15, 0.2) is 85.1 Å². The quantitative estimate of drug-likeness (QED) is 0.347. The van der Waals surface area contributed by atoms with Crippen molar-refractivity contribution >= 4 is 10.9 Å². The summed E-state index contributed by atoms with van der Waals surface area (Å²) in [5, 5.41) is 11.2. The Bertz CT molecular complexity index is 1480. The van der Waals surface area contributed by atoms with Crippen molar-refractivity contribution in [1.82, 2.24) is 9.97 Å². The van der Waals surface area contributed by atoms with Gasteiger partial charge in [0.1, 0.15) is 17.6 Å². The van der Waals surface area contributed by atoms with E-state index in [-0.39, 0.29) is 0 Å². The average molecular weight is 431 g/mol. The van der Waals surface area contributed by atoms with Gasteiger partial charge in [0.15, 0.2) is 0 Å². The fourth-order valence-corrected chi connectivity index (χ4v) is 4.03. The molecular formula is C28H21N3O2. The van der Waals surface area contributed by atoms with Crippen molar-refractivity contribution in [3.05, 3.63) is 90.6 Å². The molecule has 5 heteroatoms. The number of benzene rings is 3. The number of hydrogen-bond acceptors (Lipinski definition) is 4. The number of methoxy groups -OCH3 is 2. The van der Waals surface area contributed by atoms with E-state index in [0.29, 0.717) is 11.3 Å². The zero-order chi connectivity index (χ0) is 22.8. The van der Waals surface area contributed by atoms with Crippen LogP contribution in [-0.4, -0.2) is 24.2 Å². The van der Waals surface area contributed by atoms with Gasteiger partial charge in [-0.2, -0.15) is 5.26 Å². The molecule has 0 atom stereocenters. The molecule has 0 aliphatic carbocycles. The monoisotopic (exact) mass is 431 g/mol. The number of fused-ring (bicyclic) bond motifs is 1. The third-order valence-electron chi connectivity index (χ3n) is 5.76. The van der Waals surface area contributed by atoms with Crippen LogP contribution in [0, 0.1) is 11.3 Å². The molecule has 3 aromatic carbocycles. The summed E-state index contributed by atoms with van der Waals surface area (Å²) in [6, 6.07) is 27.9. The third kappa shape index (κ3) is 3.68. The van der Waals surface area contributed by atoms with Gasteiger partial charge in [-0.25, -0.2) is 4.98 Å². The van der Waals surface area contributed by atoms with Gasteiger partial charge in [0.25, 0.3) is 0 Å². The predicted octanol–water partition coefficient (Wildman–Crippen LogP) is 6.45. The van der Waals surface area contributed by atoms with E-state index in [1.54, 1.807) is 14.2 Å². The summed E-state index contributed by atoms with van der Waals surface area (Å²) in [6.45, 7) is 0. The highest BCUT2D eigenvalue weighted by Gasteiger charge is 2.19. The van der Waals surface area contributed by atoms with Gasteiger partial charge in [-0.3, -0.25) is 0 Å². The number of aromatic amines is 1. The van der Waals surface area contributed by atoms with Crippen molar-refractivity contribution in [1.29, 1.82) is 5.26 Å². The zero-order valence-corrected chi connectivity index (χ0v) is 18.3. The number of para-hydroxylation sites is 1. The lowest BCUT2D eigenvalue weighted by Crippen LogP contribution is -1.97. The number of rotatable bonds is 5. The van der Waals surface area contributed by atoms with Gasteiger partial charge in [-0.1, -0.05) is 30.3 Å². The van der Waals surface area contributed by atoms with Crippen LogP contribution in [0.4, 0.5) is 0 Å². The number of hydrogen-bond donors (Lipinski definition) is 1. The van der Waals surface area contributed by atoms with Crippen LogP contribution >= 0.6 is 0 Å². The minimum Gasteiger partial charge on any atom is -0.497 e. The molecule has 2 heterocycles. The van der Waals surface area contributed by atoms with Crippen molar-refractivity contribution in [3.63, 3.8) is 0 Å². The second kappa shape index (κ2) is 8.52. The first-order valence-electron chi connectivity index (χ1n) is 10.5. The van der Waals surface area contributed by atoms with Crippen molar-refractivity contribution in [3.8, 4) is 51.2 Å². The molecule has 0 fully saturated rings. The Hall–Kier alpha value is -4.56. The van der Waals surface area contributed by atoms with Crippen LogP contribution in [-0.2, 0) is 0 Å². The summed E-state index contributed by atoms with van der Waals surface area (Å²) in [5.41, 5.74) is 6.54. The highest BCUT2D eigenvalue weighted by molar-refractivity contribution is 5.97. The third-order valence-corrected chi connectivity index (χ3v) is 5.76. The van der Waals surface area contributed by atoms with E-state index in [2.05, 4.69) is 11.1 Å². The van der Waals surface area contributed by atoms with Gasteiger partial charge in [0.2, 0.25) is 0 Å². The molecule has 0 radical (unpaired) electrons. The molecule has 0 saturated heterocycles. The molecule has 1 N–H and O–H groups in total. The Morgan fingerprint density at radius 3 is 2.06 bits per heavy atom. The first-order chi connectivity index (χ1) is 16.2. The maximum Gasteiger partial charge on any atom is 0.118 e.